The summed E-state index contributed by atoms with van der Waals surface area (Å²) in [5.74, 6) is 0.237. The molecule has 2 aliphatic rings. The fraction of sp³-hybridized carbons (Fsp3) is 0.611. The second-order valence-electron chi connectivity index (χ2n) is 6.23. The first kappa shape index (κ1) is 15.3. The van der Waals surface area contributed by atoms with Gasteiger partial charge in [0.1, 0.15) is 0 Å². The summed E-state index contributed by atoms with van der Waals surface area (Å²) in [6.45, 7) is 5.52. The Labute approximate surface area is 133 Å². The van der Waals surface area contributed by atoms with Gasteiger partial charge in [0.05, 0.1) is 19.8 Å². The number of benzene rings is 1. The Kier molecular flexibility index (Phi) is 4.98. The number of amides is 1. The highest BCUT2D eigenvalue weighted by molar-refractivity contribution is 5.82. The summed E-state index contributed by atoms with van der Waals surface area (Å²) in [5.41, 5.74) is 2.64. The maximum absolute atomic E-state index is 12.7. The summed E-state index contributed by atoms with van der Waals surface area (Å²) in [7, 11) is 0. The van der Waals surface area contributed by atoms with E-state index in [0.717, 1.165) is 38.8 Å². The number of hydrogen-bond acceptors (Lipinski definition) is 3. The van der Waals surface area contributed by atoms with Gasteiger partial charge in [-0.25, -0.2) is 0 Å². The summed E-state index contributed by atoms with van der Waals surface area (Å²) in [6, 6.07) is 9.04. The monoisotopic (exact) mass is 302 g/mol. The summed E-state index contributed by atoms with van der Waals surface area (Å²) in [5, 5.41) is 0. The average molecular weight is 302 g/mol. The van der Waals surface area contributed by atoms with Crippen LogP contribution in [-0.2, 0) is 16.0 Å². The predicted molar refractivity (Wildman–Crippen MR) is 88.2 cm³/mol. The van der Waals surface area contributed by atoms with Crippen molar-refractivity contribution in [3.8, 4) is 0 Å². The van der Waals surface area contributed by atoms with E-state index in [1.807, 2.05) is 4.90 Å². The van der Waals surface area contributed by atoms with Crippen molar-refractivity contribution < 1.29 is 9.53 Å². The molecule has 120 valence electrons. The lowest BCUT2D eigenvalue weighted by molar-refractivity contribution is -0.133. The number of morpholine rings is 1. The zero-order chi connectivity index (χ0) is 15.4. The van der Waals surface area contributed by atoms with Crippen molar-refractivity contribution in [3.63, 3.8) is 0 Å². The molecule has 2 heterocycles. The lowest BCUT2D eigenvalue weighted by Crippen LogP contribution is -2.49. The van der Waals surface area contributed by atoms with E-state index in [1.165, 1.54) is 11.3 Å². The second kappa shape index (κ2) is 7.14. The van der Waals surface area contributed by atoms with Gasteiger partial charge in [-0.05, 0) is 30.9 Å². The smallest absolute Gasteiger partial charge is 0.242 e. The highest BCUT2D eigenvalue weighted by atomic mass is 16.5. The third-order valence-electron chi connectivity index (χ3n) is 4.78. The van der Waals surface area contributed by atoms with Gasteiger partial charge in [0.15, 0.2) is 0 Å². The first-order valence-corrected chi connectivity index (χ1v) is 8.49. The Morgan fingerprint density at radius 1 is 1.27 bits per heavy atom. The molecule has 1 aromatic rings. The molecule has 0 saturated carbocycles. The van der Waals surface area contributed by atoms with Crippen molar-refractivity contribution in [2.24, 2.45) is 0 Å². The van der Waals surface area contributed by atoms with E-state index in [4.69, 9.17) is 4.74 Å². The molecule has 1 fully saturated rings. The lowest BCUT2D eigenvalue weighted by Gasteiger charge is -2.40. The molecule has 22 heavy (non-hydrogen) atoms. The number of fused-ring (bicyclic) bond motifs is 1. The molecule has 0 unspecified atom stereocenters. The first-order valence-electron chi connectivity index (χ1n) is 8.49. The molecule has 1 atom stereocenters. The van der Waals surface area contributed by atoms with Crippen LogP contribution in [0.5, 0.6) is 0 Å². The van der Waals surface area contributed by atoms with E-state index in [2.05, 4.69) is 36.1 Å². The van der Waals surface area contributed by atoms with E-state index in [-0.39, 0.29) is 5.91 Å². The van der Waals surface area contributed by atoms with Crippen molar-refractivity contribution in [2.75, 3.05) is 37.7 Å². The average Bonchev–Trinajstić information content (AvgIpc) is 2.58. The number of carbonyl (C=O) groups excluding carboxylic acids is 1. The van der Waals surface area contributed by atoms with Crippen molar-refractivity contribution >= 4 is 11.6 Å². The van der Waals surface area contributed by atoms with Crippen LogP contribution in [0.15, 0.2) is 24.3 Å². The van der Waals surface area contributed by atoms with Crippen LogP contribution in [0, 0.1) is 0 Å². The van der Waals surface area contributed by atoms with Crippen LogP contribution in [-0.4, -0.2) is 49.7 Å². The zero-order valence-electron chi connectivity index (χ0n) is 13.5. The minimum absolute atomic E-state index is 0.237. The van der Waals surface area contributed by atoms with E-state index in [0.29, 0.717) is 25.8 Å². The fourth-order valence-electron chi connectivity index (χ4n) is 3.58. The Bertz CT molecular complexity index is 512. The molecular formula is C18H26N2O2. The largest absolute Gasteiger partial charge is 0.378 e. The van der Waals surface area contributed by atoms with Gasteiger partial charge in [-0.1, -0.05) is 31.5 Å². The molecule has 0 N–H and O–H groups in total. The second-order valence-corrected chi connectivity index (χ2v) is 6.23. The number of rotatable bonds is 4. The normalized spacial score (nSPS) is 21.6. The third-order valence-corrected chi connectivity index (χ3v) is 4.78. The summed E-state index contributed by atoms with van der Waals surface area (Å²) < 4.78 is 5.35. The lowest BCUT2D eigenvalue weighted by atomic mass is 9.93. The van der Waals surface area contributed by atoms with Crippen molar-refractivity contribution in [3.05, 3.63) is 29.8 Å². The maximum Gasteiger partial charge on any atom is 0.242 e. The van der Waals surface area contributed by atoms with Crippen LogP contribution in [0.4, 0.5) is 5.69 Å². The van der Waals surface area contributed by atoms with Gasteiger partial charge in [0.2, 0.25) is 5.91 Å². The number of aryl methyl sites for hydroxylation is 1. The minimum Gasteiger partial charge on any atom is -0.378 e. The molecule has 0 spiro atoms. The van der Waals surface area contributed by atoms with Gasteiger partial charge in [-0.2, -0.15) is 0 Å². The molecule has 3 rings (SSSR count). The van der Waals surface area contributed by atoms with Crippen molar-refractivity contribution in [1.29, 1.82) is 0 Å². The standard InChI is InChI=1S/C18H26N2O2/c1-2-5-16-9-8-15-6-3-4-7-17(15)20(16)14-18(21)19-10-12-22-13-11-19/h3-4,6-7,16H,2,5,8-14H2,1H3/t16-/m1/s1. The van der Waals surface area contributed by atoms with Gasteiger partial charge in [0, 0.05) is 24.8 Å². The van der Waals surface area contributed by atoms with Gasteiger partial charge in [0.25, 0.3) is 0 Å². The van der Waals surface area contributed by atoms with Crippen LogP contribution < -0.4 is 4.90 Å². The number of anilines is 1. The Morgan fingerprint density at radius 2 is 2.05 bits per heavy atom. The Hall–Kier alpha value is -1.55. The molecule has 4 nitrogen and oxygen atoms in total. The minimum atomic E-state index is 0.237. The number of nitrogens with zero attached hydrogens (tertiary/aromatic N) is 2. The number of hydrogen-bond donors (Lipinski definition) is 0. The van der Waals surface area contributed by atoms with Crippen LogP contribution >= 0.6 is 0 Å². The summed E-state index contributed by atoms with van der Waals surface area (Å²) in [4.78, 5) is 17.0. The summed E-state index contributed by atoms with van der Waals surface area (Å²) in [6.07, 6.45) is 4.60. The van der Waals surface area contributed by atoms with Gasteiger partial charge in [-0.15, -0.1) is 0 Å². The predicted octanol–water partition coefficient (Wildman–Crippen LogP) is 2.47. The fourth-order valence-corrected chi connectivity index (χ4v) is 3.58. The topological polar surface area (TPSA) is 32.8 Å². The third kappa shape index (κ3) is 3.27. The molecule has 4 heteroatoms. The van der Waals surface area contributed by atoms with Crippen molar-refractivity contribution in [1.82, 2.24) is 4.90 Å². The molecule has 0 bridgehead atoms. The summed E-state index contributed by atoms with van der Waals surface area (Å²) >= 11 is 0. The molecule has 1 amide bonds. The van der Waals surface area contributed by atoms with Crippen molar-refractivity contribution in [2.45, 2.75) is 38.6 Å². The van der Waals surface area contributed by atoms with E-state index >= 15 is 0 Å². The molecule has 0 aliphatic carbocycles. The highest BCUT2D eigenvalue weighted by Gasteiger charge is 2.28. The molecule has 1 aromatic carbocycles. The number of para-hydroxylation sites is 1. The molecule has 0 radical (unpaired) electrons. The number of carbonyl (C=O) groups is 1. The SMILES string of the molecule is CCC[C@@H]1CCc2ccccc2N1CC(=O)N1CCOCC1. The molecule has 2 aliphatic heterocycles. The van der Waals surface area contributed by atoms with Crippen LogP contribution in [0.1, 0.15) is 31.7 Å². The molecule has 0 aromatic heterocycles. The van der Waals surface area contributed by atoms with E-state index < -0.39 is 0 Å². The highest BCUT2D eigenvalue weighted by Crippen LogP contribution is 2.32. The zero-order valence-corrected chi connectivity index (χ0v) is 13.5. The van der Waals surface area contributed by atoms with Gasteiger partial charge < -0.3 is 14.5 Å². The molecule has 1 saturated heterocycles. The van der Waals surface area contributed by atoms with Crippen LogP contribution in [0.2, 0.25) is 0 Å². The van der Waals surface area contributed by atoms with Gasteiger partial charge >= 0.3 is 0 Å². The van der Waals surface area contributed by atoms with Crippen LogP contribution in [0.25, 0.3) is 0 Å². The quantitative estimate of drug-likeness (QED) is 0.856. The van der Waals surface area contributed by atoms with E-state index in [9.17, 15) is 4.79 Å². The number of ether oxygens (including phenoxy) is 1. The maximum atomic E-state index is 12.7. The van der Waals surface area contributed by atoms with Crippen LogP contribution in [0.3, 0.4) is 0 Å². The van der Waals surface area contributed by atoms with Gasteiger partial charge in [-0.3, -0.25) is 4.79 Å². The first-order chi connectivity index (χ1) is 10.8. The van der Waals surface area contributed by atoms with E-state index in [1.54, 1.807) is 0 Å². The molecular weight excluding hydrogens is 276 g/mol. The Balaban J connectivity index is 1.76. The Morgan fingerprint density at radius 3 is 2.82 bits per heavy atom.